The van der Waals surface area contributed by atoms with Gasteiger partial charge < -0.3 is 0 Å². The number of carbonyl (C=O) groups excluding carboxylic acids is 1. The van der Waals surface area contributed by atoms with E-state index in [0.717, 1.165) is 23.9 Å². The maximum Gasteiger partial charge on any atom is 0.265 e. The molecule has 4 rings (SSSR count). The molecule has 0 bridgehead atoms. The summed E-state index contributed by atoms with van der Waals surface area (Å²) in [5.74, 6) is 0.242. The van der Waals surface area contributed by atoms with Crippen molar-refractivity contribution in [3.05, 3.63) is 36.4 Å². The van der Waals surface area contributed by atoms with Gasteiger partial charge in [0.1, 0.15) is 6.54 Å². The Morgan fingerprint density at radius 2 is 1.81 bits per heavy atom. The molecule has 0 spiro atoms. The van der Waals surface area contributed by atoms with Gasteiger partial charge in [-0.25, -0.2) is 13.8 Å². The molecule has 2 atom stereocenters. The van der Waals surface area contributed by atoms with Crippen LogP contribution >= 0.6 is 0 Å². The first kappa shape index (κ1) is 18.0. The van der Waals surface area contributed by atoms with Crippen molar-refractivity contribution in [2.75, 3.05) is 10.8 Å². The second-order valence-corrected chi connectivity index (χ2v) is 9.28. The number of hydrogen-bond donors (Lipinski definition) is 1. The van der Waals surface area contributed by atoms with Crippen LogP contribution in [0.3, 0.4) is 0 Å². The summed E-state index contributed by atoms with van der Waals surface area (Å²) in [4.78, 5) is 12.7. The monoisotopic (exact) mass is 385 g/mol. The summed E-state index contributed by atoms with van der Waals surface area (Å²) in [5, 5.41) is 5.85. The number of rotatable bonds is 3. The molecule has 1 aliphatic heterocycles. The highest BCUT2D eigenvalue weighted by atomic mass is 32.2. The molecule has 0 saturated heterocycles. The van der Waals surface area contributed by atoms with Crippen molar-refractivity contribution in [2.24, 2.45) is 16.9 Å². The van der Waals surface area contributed by atoms with Crippen LogP contribution in [-0.4, -0.2) is 26.6 Å². The molecule has 0 aromatic heterocycles. The van der Waals surface area contributed by atoms with Gasteiger partial charge in [0, 0.05) is 11.1 Å². The number of benzene rings is 2. The van der Waals surface area contributed by atoms with Crippen LogP contribution in [0.4, 0.5) is 5.69 Å². The Bertz CT molecular complexity index is 1030. The fourth-order valence-electron chi connectivity index (χ4n) is 4.15. The largest absolute Gasteiger partial charge is 0.271 e. The van der Waals surface area contributed by atoms with Crippen molar-refractivity contribution in [2.45, 2.75) is 38.0 Å². The maximum atomic E-state index is 12.9. The predicted molar refractivity (Wildman–Crippen MR) is 106 cm³/mol. The van der Waals surface area contributed by atoms with Crippen LogP contribution in [0.15, 0.2) is 46.4 Å². The zero-order valence-electron chi connectivity index (χ0n) is 15.5. The van der Waals surface area contributed by atoms with Crippen molar-refractivity contribution in [3.8, 4) is 0 Å². The molecular weight excluding hydrogens is 362 g/mol. The lowest BCUT2D eigenvalue weighted by molar-refractivity contribution is -0.119. The van der Waals surface area contributed by atoms with Crippen LogP contribution in [0.1, 0.15) is 33.1 Å². The third kappa shape index (κ3) is 3.00. The van der Waals surface area contributed by atoms with E-state index in [-0.39, 0.29) is 11.4 Å². The van der Waals surface area contributed by atoms with Crippen LogP contribution in [0.2, 0.25) is 0 Å². The molecule has 1 aliphatic carbocycles. The predicted octanol–water partition coefficient (Wildman–Crippen LogP) is 3.28. The third-order valence-corrected chi connectivity index (χ3v) is 7.36. The second-order valence-electron chi connectivity index (χ2n) is 7.45. The fourth-order valence-corrected chi connectivity index (χ4v) is 5.82. The van der Waals surface area contributed by atoms with E-state index < -0.39 is 15.9 Å². The topological polar surface area (TPSA) is 78.8 Å². The van der Waals surface area contributed by atoms with E-state index in [4.69, 9.17) is 0 Å². The molecule has 1 saturated carbocycles. The Hall–Kier alpha value is -2.41. The van der Waals surface area contributed by atoms with Gasteiger partial charge >= 0.3 is 0 Å². The van der Waals surface area contributed by atoms with Crippen LogP contribution < -0.4 is 9.73 Å². The molecule has 7 heteroatoms. The number of nitrogens with one attached hydrogen (secondary N) is 1. The van der Waals surface area contributed by atoms with Gasteiger partial charge in [-0.15, -0.1) is 0 Å². The van der Waals surface area contributed by atoms with Gasteiger partial charge in [-0.3, -0.25) is 9.10 Å². The van der Waals surface area contributed by atoms with Crippen molar-refractivity contribution in [1.29, 1.82) is 0 Å². The van der Waals surface area contributed by atoms with Crippen molar-refractivity contribution in [3.63, 3.8) is 0 Å². The normalized spacial score (nSPS) is 23.5. The Balaban J connectivity index is 1.58. The number of amides is 1. The minimum absolute atomic E-state index is 0.254. The average molecular weight is 385 g/mol. The Labute approximate surface area is 159 Å². The molecule has 0 radical (unpaired) electrons. The molecule has 1 heterocycles. The quantitative estimate of drug-likeness (QED) is 0.824. The summed E-state index contributed by atoms with van der Waals surface area (Å²) in [7, 11) is -3.73. The number of carbonyl (C=O) groups is 1. The van der Waals surface area contributed by atoms with E-state index in [2.05, 4.69) is 24.4 Å². The molecule has 1 amide bonds. The molecular formula is C20H23N3O3S. The highest BCUT2D eigenvalue weighted by Gasteiger charge is 2.36. The van der Waals surface area contributed by atoms with Crippen LogP contribution in [0.25, 0.3) is 10.8 Å². The lowest BCUT2D eigenvalue weighted by atomic mass is 9.81. The van der Waals surface area contributed by atoms with Gasteiger partial charge in [-0.05, 0) is 42.2 Å². The summed E-state index contributed by atoms with van der Waals surface area (Å²) < 4.78 is 27.0. The van der Waals surface area contributed by atoms with Gasteiger partial charge in [0.25, 0.3) is 15.9 Å². The van der Waals surface area contributed by atoms with E-state index in [9.17, 15) is 13.2 Å². The van der Waals surface area contributed by atoms with E-state index in [1.807, 2.05) is 12.1 Å². The first-order valence-corrected chi connectivity index (χ1v) is 10.7. The number of hydrogen-bond acceptors (Lipinski definition) is 4. The fraction of sp³-hybridized carbons (Fsp3) is 0.400. The standard InChI is InChI=1S/C20H23N3O3S/c1-13-6-3-7-14(2)20(13)22-21-18(24)12-23-16-10-4-8-15-9-5-11-17(19(15)16)27(23,25)26/h4-5,8-11,13-14H,3,6-7,12H2,1-2H3,(H,21,24)/t13-,14-/m1/s1. The smallest absolute Gasteiger partial charge is 0.265 e. The molecule has 6 nitrogen and oxygen atoms in total. The summed E-state index contributed by atoms with van der Waals surface area (Å²) in [6, 6.07) is 10.6. The zero-order chi connectivity index (χ0) is 19.2. The third-order valence-electron chi connectivity index (χ3n) is 5.56. The van der Waals surface area contributed by atoms with E-state index >= 15 is 0 Å². The minimum Gasteiger partial charge on any atom is -0.271 e. The van der Waals surface area contributed by atoms with E-state index in [0.29, 0.717) is 22.9 Å². The summed E-state index contributed by atoms with van der Waals surface area (Å²) in [6.07, 6.45) is 3.30. The summed E-state index contributed by atoms with van der Waals surface area (Å²) >= 11 is 0. The molecule has 1 N–H and O–H groups in total. The molecule has 2 aromatic rings. The molecule has 142 valence electrons. The number of sulfonamides is 1. The van der Waals surface area contributed by atoms with Gasteiger partial charge in [-0.1, -0.05) is 44.5 Å². The van der Waals surface area contributed by atoms with Crippen molar-refractivity contribution in [1.82, 2.24) is 5.43 Å². The highest BCUT2D eigenvalue weighted by Crippen LogP contribution is 2.41. The second kappa shape index (κ2) is 6.64. The summed E-state index contributed by atoms with van der Waals surface area (Å²) in [6.45, 7) is 3.95. The average Bonchev–Trinajstić information content (AvgIpc) is 2.85. The molecule has 0 unspecified atom stereocenters. The Morgan fingerprint density at radius 1 is 1.15 bits per heavy atom. The molecule has 2 aliphatic rings. The molecule has 27 heavy (non-hydrogen) atoms. The molecule has 2 aromatic carbocycles. The van der Waals surface area contributed by atoms with Gasteiger partial charge in [-0.2, -0.15) is 5.10 Å². The first-order valence-electron chi connectivity index (χ1n) is 9.30. The van der Waals surface area contributed by atoms with Crippen LogP contribution in [0.5, 0.6) is 0 Å². The van der Waals surface area contributed by atoms with Crippen molar-refractivity contribution < 1.29 is 13.2 Å². The number of nitrogens with zero attached hydrogens (tertiary/aromatic N) is 2. The highest BCUT2D eigenvalue weighted by molar-refractivity contribution is 7.93. The number of anilines is 1. The van der Waals surface area contributed by atoms with Crippen LogP contribution in [0, 0.1) is 11.8 Å². The summed E-state index contributed by atoms with van der Waals surface area (Å²) in [5.41, 5.74) is 4.12. The maximum absolute atomic E-state index is 12.9. The molecule has 1 fully saturated rings. The first-order chi connectivity index (χ1) is 12.9. The van der Waals surface area contributed by atoms with Gasteiger partial charge in [0.05, 0.1) is 10.6 Å². The minimum atomic E-state index is -3.73. The van der Waals surface area contributed by atoms with E-state index in [1.54, 1.807) is 24.3 Å². The Morgan fingerprint density at radius 3 is 2.52 bits per heavy atom. The number of hydrazone groups is 1. The Kier molecular flexibility index (Phi) is 4.42. The zero-order valence-corrected chi connectivity index (χ0v) is 16.3. The van der Waals surface area contributed by atoms with Gasteiger partial charge in [0.2, 0.25) is 0 Å². The SMILES string of the molecule is C[C@@H]1CCC[C@@H](C)C1=NNC(=O)CN1c2cccc3cccc(c23)S1(=O)=O. The van der Waals surface area contributed by atoms with Crippen molar-refractivity contribution >= 4 is 38.1 Å². The van der Waals surface area contributed by atoms with E-state index in [1.165, 1.54) is 10.7 Å². The van der Waals surface area contributed by atoms with Gasteiger partial charge in [0.15, 0.2) is 0 Å². The lowest BCUT2D eigenvalue weighted by Gasteiger charge is -2.26. The lowest BCUT2D eigenvalue weighted by Crippen LogP contribution is -2.38. The van der Waals surface area contributed by atoms with Crippen LogP contribution in [-0.2, 0) is 14.8 Å².